The molecule has 4 aromatic rings. The van der Waals surface area contributed by atoms with Crippen molar-refractivity contribution in [1.29, 1.82) is 0 Å². The molecule has 0 saturated carbocycles. The highest BCUT2D eigenvalue weighted by atomic mass is 32.1. The van der Waals surface area contributed by atoms with E-state index in [4.69, 9.17) is 5.73 Å². The van der Waals surface area contributed by atoms with Crippen molar-refractivity contribution in [3.8, 4) is 22.4 Å². The van der Waals surface area contributed by atoms with Crippen LogP contribution in [-0.4, -0.2) is 28.3 Å². The van der Waals surface area contributed by atoms with E-state index in [2.05, 4.69) is 20.6 Å². The fourth-order valence-electron chi connectivity index (χ4n) is 3.08. The van der Waals surface area contributed by atoms with E-state index in [0.717, 1.165) is 27.9 Å². The van der Waals surface area contributed by atoms with E-state index >= 15 is 0 Å². The van der Waals surface area contributed by atoms with Crippen LogP contribution in [0.2, 0.25) is 0 Å². The summed E-state index contributed by atoms with van der Waals surface area (Å²) in [4.78, 5) is 33.0. The zero-order valence-electron chi connectivity index (χ0n) is 17.1. The van der Waals surface area contributed by atoms with Gasteiger partial charge < -0.3 is 16.4 Å². The fourth-order valence-corrected chi connectivity index (χ4v) is 3.82. The van der Waals surface area contributed by atoms with E-state index in [1.165, 1.54) is 11.3 Å². The summed E-state index contributed by atoms with van der Waals surface area (Å²) in [7, 11) is 0. The normalized spacial score (nSPS) is 10.5. The van der Waals surface area contributed by atoms with Gasteiger partial charge >= 0.3 is 0 Å². The van der Waals surface area contributed by atoms with Crippen LogP contribution in [0.4, 0.5) is 5.13 Å². The van der Waals surface area contributed by atoms with Gasteiger partial charge in [-0.05, 0) is 47.0 Å². The molecule has 0 atom stereocenters. The number of hydrogen-bond acceptors (Lipinski definition) is 6. The molecule has 0 radical (unpaired) electrons. The Balaban J connectivity index is 1.36. The molecule has 4 N–H and O–H groups in total. The lowest BCUT2D eigenvalue weighted by atomic mass is 10.0. The number of nitrogens with zero attached hydrogens (tertiary/aromatic N) is 2. The summed E-state index contributed by atoms with van der Waals surface area (Å²) < 4.78 is 0. The second-order valence-electron chi connectivity index (χ2n) is 6.99. The summed E-state index contributed by atoms with van der Waals surface area (Å²) in [5.74, 6) is -0.667. The molecule has 2 aromatic heterocycles. The van der Waals surface area contributed by atoms with Gasteiger partial charge in [-0.15, -0.1) is 11.3 Å². The summed E-state index contributed by atoms with van der Waals surface area (Å²) in [5, 5.41) is 7.70. The average molecular weight is 444 g/mol. The van der Waals surface area contributed by atoms with Crippen LogP contribution in [-0.2, 0) is 11.3 Å². The van der Waals surface area contributed by atoms with Gasteiger partial charge in [0, 0.05) is 35.4 Å². The Hall–Kier alpha value is -3.88. The number of hydrogen-bond donors (Lipinski definition) is 3. The molecule has 2 heterocycles. The van der Waals surface area contributed by atoms with Crippen LogP contribution in [0.1, 0.15) is 15.9 Å². The van der Waals surface area contributed by atoms with Crippen molar-refractivity contribution >= 4 is 28.3 Å². The van der Waals surface area contributed by atoms with E-state index in [9.17, 15) is 9.59 Å². The van der Waals surface area contributed by atoms with Gasteiger partial charge in [-0.3, -0.25) is 14.6 Å². The predicted octanol–water partition coefficient (Wildman–Crippen LogP) is 3.70. The lowest BCUT2D eigenvalue weighted by molar-refractivity contribution is -0.115. The number of nitrogens with two attached hydrogens (primary N) is 1. The number of pyridine rings is 1. The number of benzene rings is 2. The van der Waals surface area contributed by atoms with Crippen LogP contribution in [0.15, 0.2) is 78.4 Å². The van der Waals surface area contributed by atoms with Gasteiger partial charge in [-0.2, -0.15) is 0 Å². The lowest BCUT2D eigenvalue weighted by Crippen LogP contribution is -2.32. The summed E-state index contributed by atoms with van der Waals surface area (Å²) in [6, 6.07) is 18.9. The van der Waals surface area contributed by atoms with Crippen molar-refractivity contribution in [3.05, 3.63) is 89.6 Å². The number of aromatic nitrogens is 2. The number of rotatable bonds is 7. The number of carbonyl (C=O) groups excluding carboxylic acids is 2. The molecule has 4 rings (SSSR count). The third-order valence-corrected chi connectivity index (χ3v) is 5.54. The van der Waals surface area contributed by atoms with Crippen LogP contribution >= 0.6 is 11.3 Å². The standard InChI is InChI=1S/C24H21N5O2S/c25-13-16-4-6-18(7-5-16)23(31)27-14-22(30)29-24-28-21(15-32-24)20-3-1-2-19(12-20)17-8-10-26-11-9-17/h1-12,15H,13-14,25H2,(H,27,31)(H,28,29,30). The maximum Gasteiger partial charge on any atom is 0.251 e. The van der Waals surface area contributed by atoms with Gasteiger partial charge in [0.05, 0.1) is 12.2 Å². The number of anilines is 1. The molecule has 0 unspecified atom stereocenters. The van der Waals surface area contributed by atoms with E-state index in [-0.39, 0.29) is 18.4 Å². The van der Waals surface area contributed by atoms with Crippen molar-refractivity contribution in [2.24, 2.45) is 5.73 Å². The first-order valence-corrected chi connectivity index (χ1v) is 10.8. The molecule has 0 saturated heterocycles. The topological polar surface area (TPSA) is 110 Å². The second-order valence-corrected chi connectivity index (χ2v) is 7.84. The van der Waals surface area contributed by atoms with Crippen molar-refractivity contribution in [2.75, 3.05) is 11.9 Å². The van der Waals surface area contributed by atoms with Crippen molar-refractivity contribution < 1.29 is 9.59 Å². The summed E-state index contributed by atoms with van der Waals surface area (Å²) in [5.41, 5.74) is 10.8. The van der Waals surface area contributed by atoms with Crippen molar-refractivity contribution in [3.63, 3.8) is 0 Å². The molecule has 0 aliphatic carbocycles. The Labute approximate surface area is 189 Å². The van der Waals surface area contributed by atoms with E-state index in [1.54, 1.807) is 36.7 Å². The van der Waals surface area contributed by atoms with Crippen molar-refractivity contribution in [1.82, 2.24) is 15.3 Å². The molecule has 2 aromatic carbocycles. The van der Waals surface area contributed by atoms with E-state index in [0.29, 0.717) is 17.2 Å². The minimum atomic E-state index is -0.344. The molecule has 0 spiro atoms. The van der Waals surface area contributed by atoms with Gasteiger partial charge in [-0.1, -0.05) is 30.3 Å². The molecule has 0 bridgehead atoms. The highest BCUT2D eigenvalue weighted by Crippen LogP contribution is 2.28. The van der Waals surface area contributed by atoms with Crippen LogP contribution < -0.4 is 16.4 Å². The monoisotopic (exact) mass is 443 g/mol. The predicted molar refractivity (Wildman–Crippen MR) is 126 cm³/mol. The van der Waals surface area contributed by atoms with E-state index < -0.39 is 0 Å². The number of amides is 2. The molecule has 0 aliphatic heterocycles. The molecule has 8 heteroatoms. The third-order valence-electron chi connectivity index (χ3n) is 4.78. The zero-order chi connectivity index (χ0) is 22.3. The number of nitrogens with one attached hydrogen (secondary N) is 2. The smallest absolute Gasteiger partial charge is 0.251 e. The molecule has 2 amide bonds. The SMILES string of the molecule is NCc1ccc(C(=O)NCC(=O)Nc2nc(-c3cccc(-c4ccncc4)c3)cs2)cc1. The molecular formula is C24H21N5O2S. The number of thiazole rings is 1. The summed E-state index contributed by atoms with van der Waals surface area (Å²) in [6.07, 6.45) is 3.51. The maximum atomic E-state index is 12.3. The number of carbonyl (C=O) groups is 2. The van der Waals surface area contributed by atoms with E-state index in [1.807, 2.05) is 41.8 Å². The molecule has 32 heavy (non-hydrogen) atoms. The summed E-state index contributed by atoms with van der Waals surface area (Å²) in [6.45, 7) is 0.262. The second kappa shape index (κ2) is 9.95. The van der Waals surface area contributed by atoms with Gasteiger partial charge in [0.25, 0.3) is 5.91 Å². The van der Waals surface area contributed by atoms with Crippen LogP contribution in [0.3, 0.4) is 0 Å². The average Bonchev–Trinajstić information content (AvgIpc) is 3.31. The van der Waals surface area contributed by atoms with Crippen LogP contribution in [0.5, 0.6) is 0 Å². The van der Waals surface area contributed by atoms with Crippen molar-refractivity contribution in [2.45, 2.75) is 6.54 Å². The van der Waals surface area contributed by atoms with Gasteiger partial charge in [-0.25, -0.2) is 4.98 Å². The molecule has 0 fully saturated rings. The van der Waals surface area contributed by atoms with Gasteiger partial charge in [0.1, 0.15) is 0 Å². The Morgan fingerprint density at radius 1 is 0.938 bits per heavy atom. The Bertz CT molecular complexity index is 1220. The Morgan fingerprint density at radius 3 is 2.44 bits per heavy atom. The maximum absolute atomic E-state index is 12.3. The summed E-state index contributed by atoms with van der Waals surface area (Å²) >= 11 is 1.33. The zero-order valence-corrected chi connectivity index (χ0v) is 17.9. The quantitative estimate of drug-likeness (QED) is 0.403. The highest BCUT2D eigenvalue weighted by molar-refractivity contribution is 7.14. The minimum absolute atomic E-state index is 0.149. The molecule has 160 valence electrons. The Morgan fingerprint density at radius 2 is 1.69 bits per heavy atom. The Kier molecular flexibility index (Phi) is 6.64. The van der Waals surface area contributed by atoms with Crippen LogP contribution in [0.25, 0.3) is 22.4 Å². The van der Waals surface area contributed by atoms with Gasteiger partial charge in [0.2, 0.25) is 5.91 Å². The molecular weight excluding hydrogens is 422 g/mol. The highest BCUT2D eigenvalue weighted by Gasteiger charge is 2.11. The largest absolute Gasteiger partial charge is 0.343 e. The fraction of sp³-hybridized carbons (Fsp3) is 0.0833. The molecule has 0 aliphatic rings. The third kappa shape index (κ3) is 5.23. The lowest BCUT2D eigenvalue weighted by Gasteiger charge is -2.06. The first-order valence-electron chi connectivity index (χ1n) is 9.96. The minimum Gasteiger partial charge on any atom is -0.343 e. The molecule has 7 nitrogen and oxygen atoms in total. The first-order chi connectivity index (χ1) is 15.6. The van der Waals surface area contributed by atoms with Crippen LogP contribution in [0, 0.1) is 0 Å². The first kappa shape index (κ1) is 21.4. The van der Waals surface area contributed by atoms with Gasteiger partial charge in [0.15, 0.2) is 5.13 Å².